The molecule has 11 rings (SSSR count). The van der Waals surface area contributed by atoms with Crippen molar-refractivity contribution in [2.45, 2.75) is 0 Å². The van der Waals surface area contributed by atoms with E-state index in [4.69, 9.17) is 8.83 Å². The number of hydrogen-bond acceptors (Lipinski definition) is 5. The van der Waals surface area contributed by atoms with E-state index in [0.29, 0.717) is 0 Å². The molecule has 0 atom stereocenters. The standard InChI is InChI=1S/C50H31N3O2/c1-2-8-39-32(6-1)7-3-9-40(39)33-14-20-36(21-15-33)53(37-22-16-34(17-23-37)41-10-4-12-43-45-30-51-28-26-47(45)54-49(41)43)38-24-18-35(19-25-38)42-11-5-13-44-46-31-52-29-27-48(46)55-50(42)44/h1-31H. The summed E-state index contributed by atoms with van der Waals surface area (Å²) in [5.74, 6) is 0. The third-order valence-electron chi connectivity index (χ3n) is 10.7. The maximum atomic E-state index is 6.36. The molecule has 4 heterocycles. The molecule has 0 spiro atoms. The van der Waals surface area contributed by atoms with E-state index in [1.807, 2.05) is 24.5 Å². The third-order valence-corrected chi connectivity index (χ3v) is 10.7. The van der Waals surface area contributed by atoms with Gasteiger partial charge in [-0.25, -0.2) is 0 Å². The Morgan fingerprint density at radius 2 is 0.764 bits per heavy atom. The fourth-order valence-electron chi connectivity index (χ4n) is 8.03. The van der Waals surface area contributed by atoms with Gasteiger partial charge in [-0.15, -0.1) is 0 Å². The molecular weight excluding hydrogens is 675 g/mol. The zero-order valence-corrected chi connectivity index (χ0v) is 29.6. The SMILES string of the molecule is c1ccc2c(-c3ccc(N(c4ccc(-c5cccc6c5oc5ccncc56)cc4)c4ccc(-c5cccc6c5oc5ccncc56)cc4)cc3)cccc2c1. The van der Waals surface area contributed by atoms with Gasteiger partial charge in [-0.2, -0.15) is 0 Å². The van der Waals surface area contributed by atoms with E-state index >= 15 is 0 Å². The van der Waals surface area contributed by atoms with Gasteiger partial charge in [0, 0.05) is 74.5 Å². The van der Waals surface area contributed by atoms with Crippen LogP contribution in [0.2, 0.25) is 0 Å². The molecule has 0 bridgehead atoms. The molecular formula is C50H31N3O2. The molecule has 7 aromatic carbocycles. The highest BCUT2D eigenvalue weighted by atomic mass is 16.3. The Morgan fingerprint density at radius 1 is 0.345 bits per heavy atom. The first-order valence-corrected chi connectivity index (χ1v) is 18.4. The molecule has 0 radical (unpaired) electrons. The van der Waals surface area contributed by atoms with Crippen molar-refractivity contribution >= 4 is 71.7 Å². The van der Waals surface area contributed by atoms with Crippen LogP contribution in [0.1, 0.15) is 0 Å². The van der Waals surface area contributed by atoms with E-state index in [1.54, 1.807) is 12.4 Å². The first kappa shape index (κ1) is 31.1. The van der Waals surface area contributed by atoms with E-state index in [-0.39, 0.29) is 0 Å². The summed E-state index contributed by atoms with van der Waals surface area (Å²) < 4.78 is 12.7. The van der Waals surface area contributed by atoms with Crippen molar-refractivity contribution in [3.05, 3.63) is 189 Å². The van der Waals surface area contributed by atoms with E-state index in [0.717, 1.165) is 83.2 Å². The Bertz CT molecular complexity index is 3030. The average Bonchev–Trinajstić information content (AvgIpc) is 3.83. The van der Waals surface area contributed by atoms with Crippen LogP contribution in [0.25, 0.3) is 88.0 Å². The van der Waals surface area contributed by atoms with E-state index in [9.17, 15) is 0 Å². The van der Waals surface area contributed by atoms with Crippen LogP contribution in [0.15, 0.2) is 197 Å². The molecule has 0 amide bonds. The lowest BCUT2D eigenvalue weighted by Crippen LogP contribution is -2.09. The zero-order valence-electron chi connectivity index (χ0n) is 29.6. The number of para-hydroxylation sites is 2. The molecule has 0 saturated heterocycles. The third kappa shape index (κ3) is 5.17. The minimum atomic E-state index is 0.837. The molecule has 0 saturated carbocycles. The number of fused-ring (bicyclic) bond motifs is 7. The van der Waals surface area contributed by atoms with Crippen LogP contribution in [0, 0.1) is 0 Å². The summed E-state index contributed by atoms with van der Waals surface area (Å²) in [6.45, 7) is 0. The number of rotatable bonds is 6. The van der Waals surface area contributed by atoms with Crippen molar-refractivity contribution in [2.24, 2.45) is 0 Å². The second-order valence-corrected chi connectivity index (χ2v) is 13.8. The fourth-order valence-corrected chi connectivity index (χ4v) is 8.03. The maximum absolute atomic E-state index is 6.36. The lowest BCUT2D eigenvalue weighted by atomic mass is 9.98. The summed E-state index contributed by atoms with van der Waals surface area (Å²) in [7, 11) is 0. The molecule has 0 aliphatic heterocycles. The monoisotopic (exact) mass is 705 g/mol. The molecule has 0 aliphatic carbocycles. The summed E-state index contributed by atoms with van der Waals surface area (Å²) in [5, 5.41) is 6.64. The van der Waals surface area contributed by atoms with Crippen LogP contribution >= 0.6 is 0 Å². The van der Waals surface area contributed by atoms with Gasteiger partial charge < -0.3 is 13.7 Å². The predicted molar refractivity (Wildman–Crippen MR) is 225 cm³/mol. The minimum absolute atomic E-state index is 0.837. The summed E-state index contributed by atoms with van der Waals surface area (Å²) in [6.07, 6.45) is 7.28. The summed E-state index contributed by atoms with van der Waals surface area (Å²) in [6, 6.07) is 57.8. The first-order chi connectivity index (χ1) is 27.3. The molecule has 258 valence electrons. The van der Waals surface area contributed by atoms with E-state index in [1.165, 1.54) is 21.9 Å². The minimum Gasteiger partial charge on any atom is -0.455 e. The highest BCUT2D eigenvalue weighted by Crippen LogP contribution is 2.41. The van der Waals surface area contributed by atoms with Crippen molar-refractivity contribution < 1.29 is 8.83 Å². The Hall–Kier alpha value is -7.50. The van der Waals surface area contributed by atoms with Gasteiger partial charge in [0.05, 0.1) is 0 Å². The average molecular weight is 706 g/mol. The van der Waals surface area contributed by atoms with Crippen LogP contribution in [0.3, 0.4) is 0 Å². The second-order valence-electron chi connectivity index (χ2n) is 13.8. The fraction of sp³-hybridized carbons (Fsp3) is 0. The molecule has 11 aromatic rings. The highest BCUT2D eigenvalue weighted by Gasteiger charge is 2.18. The number of hydrogen-bond donors (Lipinski definition) is 0. The number of anilines is 3. The van der Waals surface area contributed by atoms with Crippen LogP contribution in [-0.4, -0.2) is 9.97 Å². The van der Waals surface area contributed by atoms with Crippen molar-refractivity contribution in [2.75, 3.05) is 4.90 Å². The molecule has 5 nitrogen and oxygen atoms in total. The van der Waals surface area contributed by atoms with Crippen molar-refractivity contribution in [3.63, 3.8) is 0 Å². The smallest absolute Gasteiger partial charge is 0.143 e. The van der Waals surface area contributed by atoms with Crippen LogP contribution in [0.5, 0.6) is 0 Å². The number of aromatic nitrogens is 2. The lowest BCUT2D eigenvalue weighted by molar-refractivity contribution is 0.669. The Kier molecular flexibility index (Phi) is 7.10. The van der Waals surface area contributed by atoms with Gasteiger partial charge in [-0.1, -0.05) is 115 Å². The highest BCUT2D eigenvalue weighted by molar-refractivity contribution is 6.10. The Morgan fingerprint density at radius 3 is 1.29 bits per heavy atom. The van der Waals surface area contributed by atoms with Crippen molar-refractivity contribution in [3.8, 4) is 33.4 Å². The largest absolute Gasteiger partial charge is 0.455 e. The quantitative estimate of drug-likeness (QED) is 0.172. The predicted octanol–water partition coefficient (Wildman–Crippen LogP) is 13.9. The Balaban J connectivity index is 1.01. The second kappa shape index (κ2) is 12.6. The number of furan rings is 2. The maximum Gasteiger partial charge on any atom is 0.143 e. The van der Waals surface area contributed by atoms with Gasteiger partial charge in [-0.3, -0.25) is 9.97 Å². The van der Waals surface area contributed by atoms with E-state index < -0.39 is 0 Å². The molecule has 0 unspecified atom stereocenters. The van der Waals surface area contributed by atoms with Crippen LogP contribution in [-0.2, 0) is 0 Å². The van der Waals surface area contributed by atoms with Crippen molar-refractivity contribution in [1.29, 1.82) is 0 Å². The lowest BCUT2D eigenvalue weighted by Gasteiger charge is -2.26. The molecule has 0 aliphatic rings. The first-order valence-electron chi connectivity index (χ1n) is 18.4. The molecule has 55 heavy (non-hydrogen) atoms. The summed E-state index contributed by atoms with van der Waals surface area (Å²) >= 11 is 0. The van der Waals surface area contributed by atoms with Gasteiger partial charge in [0.2, 0.25) is 0 Å². The number of benzene rings is 7. The number of pyridine rings is 2. The zero-order chi connectivity index (χ0) is 36.3. The van der Waals surface area contributed by atoms with E-state index in [2.05, 4.69) is 167 Å². The van der Waals surface area contributed by atoms with Gasteiger partial charge in [-0.05, 0) is 81.6 Å². The van der Waals surface area contributed by atoms with Gasteiger partial charge in [0.15, 0.2) is 0 Å². The molecule has 4 aromatic heterocycles. The van der Waals surface area contributed by atoms with Gasteiger partial charge >= 0.3 is 0 Å². The normalized spacial score (nSPS) is 11.6. The van der Waals surface area contributed by atoms with Gasteiger partial charge in [0.1, 0.15) is 22.3 Å². The van der Waals surface area contributed by atoms with Crippen molar-refractivity contribution in [1.82, 2.24) is 9.97 Å². The molecule has 5 heteroatoms. The number of nitrogens with zero attached hydrogens (tertiary/aromatic N) is 3. The van der Waals surface area contributed by atoms with Crippen LogP contribution in [0.4, 0.5) is 17.1 Å². The topological polar surface area (TPSA) is 55.3 Å². The molecule has 0 fully saturated rings. The Labute approximate surface area is 316 Å². The summed E-state index contributed by atoms with van der Waals surface area (Å²) in [5.41, 5.74) is 13.2. The van der Waals surface area contributed by atoms with Gasteiger partial charge in [0.25, 0.3) is 0 Å². The molecule has 0 N–H and O–H groups in total. The summed E-state index contributed by atoms with van der Waals surface area (Å²) in [4.78, 5) is 11.0. The van der Waals surface area contributed by atoms with Crippen LogP contribution < -0.4 is 4.90 Å².